The van der Waals surface area contributed by atoms with Crippen LogP contribution in [0.1, 0.15) is 34.1 Å². The number of hydrogen-bond donors (Lipinski definition) is 2. The third-order valence-corrected chi connectivity index (χ3v) is 2.49. The number of amides is 1. The molecule has 0 heterocycles. The second-order valence-electron chi connectivity index (χ2n) is 5.71. The first-order valence-corrected chi connectivity index (χ1v) is 6.34. The molecule has 0 atom stereocenters. The summed E-state index contributed by atoms with van der Waals surface area (Å²) < 4.78 is 4.89. The van der Waals surface area contributed by atoms with Crippen molar-refractivity contribution in [3.8, 4) is 0 Å². The van der Waals surface area contributed by atoms with Crippen molar-refractivity contribution < 1.29 is 9.53 Å². The molecule has 0 aliphatic carbocycles. The number of carbonyl (C=O) groups excluding carboxylic acids is 1. The predicted octanol–water partition coefficient (Wildman–Crippen LogP) is 1.83. The Balaban J connectivity index is 0. The molecular weight excluding hydrogens is 252 g/mol. The zero-order valence-corrected chi connectivity index (χ0v) is 13.2. The first-order chi connectivity index (χ1) is 7.87. The van der Waals surface area contributed by atoms with Gasteiger partial charge in [0.15, 0.2) is 0 Å². The molecule has 2 N–H and O–H groups in total. The maximum atomic E-state index is 11.5. The number of ether oxygens (including phenoxy) is 1. The molecule has 4 nitrogen and oxygen atoms in total. The molecule has 0 aliphatic heterocycles. The summed E-state index contributed by atoms with van der Waals surface area (Å²) in [4.78, 5) is 11.5. The Labute approximate surface area is 118 Å². The van der Waals surface area contributed by atoms with Crippen LogP contribution in [0.25, 0.3) is 0 Å². The van der Waals surface area contributed by atoms with Gasteiger partial charge in [0.2, 0.25) is 5.91 Å². The van der Waals surface area contributed by atoms with E-state index in [0.717, 1.165) is 13.0 Å². The highest BCUT2D eigenvalue weighted by Crippen LogP contribution is 2.23. The summed E-state index contributed by atoms with van der Waals surface area (Å²) in [7, 11) is 1.65. The van der Waals surface area contributed by atoms with E-state index in [1.165, 1.54) is 0 Å². The lowest BCUT2D eigenvalue weighted by Gasteiger charge is -2.27. The van der Waals surface area contributed by atoms with Crippen molar-refractivity contribution in [3.63, 3.8) is 0 Å². The van der Waals surface area contributed by atoms with E-state index in [2.05, 4.69) is 38.3 Å². The lowest BCUT2D eigenvalue weighted by atomic mass is 9.84. The minimum absolute atomic E-state index is 0. The van der Waals surface area contributed by atoms with Crippen LogP contribution in [0.5, 0.6) is 0 Å². The minimum atomic E-state index is 0. The van der Waals surface area contributed by atoms with E-state index in [1.807, 2.05) is 0 Å². The molecule has 0 spiro atoms. The number of halogens is 1. The second kappa shape index (κ2) is 10.6. The van der Waals surface area contributed by atoms with E-state index in [9.17, 15) is 4.79 Å². The summed E-state index contributed by atoms with van der Waals surface area (Å²) in [6, 6.07) is 0. The molecule has 0 aromatic rings. The third kappa shape index (κ3) is 12.1. The van der Waals surface area contributed by atoms with Crippen molar-refractivity contribution in [2.75, 3.05) is 33.4 Å². The molecule has 0 bridgehead atoms. The molecule has 110 valence electrons. The number of nitrogens with one attached hydrogen (secondary N) is 2. The van der Waals surface area contributed by atoms with Crippen LogP contribution in [0, 0.1) is 11.3 Å². The van der Waals surface area contributed by atoms with E-state index < -0.39 is 0 Å². The summed E-state index contributed by atoms with van der Waals surface area (Å²) in [6.07, 6.45) is 1.12. The normalized spacial score (nSPS) is 11.2. The molecule has 0 saturated heterocycles. The average Bonchev–Trinajstić information content (AvgIpc) is 2.20. The van der Waals surface area contributed by atoms with Crippen LogP contribution in [0.15, 0.2) is 0 Å². The van der Waals surface area contributed by atoms with Crippen LogP contribution < -0.4 is 10.6 Å². The first kappa shape index (κ1) is 20.0. The van der Waals surface area contributed by atoms with E-state index >= 15 is 0 Å². The SMILES string of the molecule is COCCNCC(=O)NCC(C)(C)CC(C)C.Cl. The lowest BCUT2D eigenvalue weighted by Crippen LogP contribution is -2.40. The Kier molecular flexibility index (Phi) is 11.8. The van der Waals surface area contributed by atoms with Gasteiger partial charge < -0.3 is 15.4 Å². The van der Waals surface area contributed by atoms with Gasteiger partial charge in [0.05, 0.1) is 13.2 Å². The van der Waals surface area contributed by atoms with Gasteiger partial charge in [-0.1, -0.05) is 27.7 Å². The number of rotatable bonds is 9. The van der Waals surface area contributed by atoms with Crippen LogP contribution in [-0.4, -0.2) is 39.3 Å². The van der Waals surface area contributed by atoms with Crippen LogP contribution >= 0.6 is 12.4 Å². The van der Waals surface area contributed by atoms with E-state index in [0.29, 0.717) is 25.6 Å². The molecule has 0 aromatic heterocycles. The Morgan fingerprint density at radius 3 is 2.44 bits per heavy atom. The summed E-state index contributed by atoms with van der Waals surface area (Å²) in [6.45, 7) is 11.2. The molecule has 0 aromatic carbocycles. The first-order valence-electron chi connectivity index (χ1n) is 6.34. The minimum Gasteiger partial charge on any atom is -0.383 e. The molecule has 18 heavy (non-hydrogen) atoms. The largest absolute Gasteiger partial charge is 0.383 e. The highest BCUT2D eigenvalue weighted by Gasteiger charge is 2.19. The number of hydrogen-bond acceptors (Lipinski definition) is 3. The molecule has 0 fully saturated rings. The molecular formula is C13H29ClN2O2. The molecule has 0 unspecified atom stereocenters. The zero-order valence-electron chi connectivity index (χ0n) is 12.3. The Morgan fingerprint density at radius 1 is 1.33 bits per heavy atom. The summed E-state index contributed by atoms with van der Waals surface area (Å²) in [5.74, 6) is 0.708. The van der Waals surface area contributed by atoms with Gasteiger partial charge in [-0.2, -0.15) is 0 Å². The fourth-order valence-electron chi connectivity index (χ4n) is 1.95. The van der Waals surface area contributed by atoms with Gasteiger partial charge in [-0.05, 0) is 17.8 Å². The van der Waals surface area contributed by atoms with Crippen molar-refractivity contribution in [2.24, 2.45) is 11.3 Å². The van der Waals surface area contributed by atoms with Gasteiger partial charge in [0.25, 0.3) is 0 Å². The molecule has 0 radical (unpaired) electrons. The van der Waals surface area contributed by atoms with Gasteiger partial charge in [0, 0.05) is 20.2 Å². The van der Waals surface area contributed by atoms with Crippen LogP contribution in [-0.2, 0) is 9.53 Å². The topological polar surface area (TPSA) is 50.4 Å². The second-order valence-corrected chi connectivity index (χ2v) is 5.71. The summed E-state index contributed by atoms with van der Waals surface area (Å²) >= 11 is 0. The van der Waals surface area contributed by atoms with Crippen molar-refractivity contribution in [1.29, 1.82) is 0 Å². The fraction of sp³-hybridized carbons (Fsp3) is 0.923. The highest BCUT2D eigenvalue weighted by atomic mass is 35.5. The van der Waals surface area contributed by atoms with E-state index in [1.54, 1.807) is 7.11 Å². The van der Waals surface area contributed by atoms with Gasteiger partial charge in [0.1, 0.15) is 0 Å². The highest BCUT2D eigenvalue weighted by molar-refractivity contribution is 5.85. The molecule has 1 amide bonds. The van der Waals surface area contributed by atoms with Crippen molar-refractivity contribution in [1.82, 2.24) is 10.6 Å². The number of methoxy groups -OCH3 is 1. The monoisotopic (exact) mass is 280 g/mol. The van der Waals surface area contributed by atoms with Crippen molar-refractivity contribution in [3.05, 3.63) is 0 Å². The predicted molar refractivity (Wildman–Crippen MR) is 78.2 cm³/mol. The van der Waals surface area contributed by atoms with E-state index in [-0.39, 0.29) is 23.7 Å². The van der Waals surface area contributed by atoms with Crippen molar-refractivity contribution in [2.45, 2.75) is 34.1 Å². The maximum absolute atomic E-state index is 11.5. The van der Waals surface area contributed by atoms with Crippen LogP contribution in [0.4, 0.5) is 0 Å². The number of carbonyl (C=O) groups is 1. The maximum Gasteiger partial charge on any atom is 0.233 e. The van der Waals surface area contributed by atoms with Crippen molar-refractivity contribution >= 4 is 18.3 Å². The molecule has 0 saturated carbocycles. The zero-order chi connectivity index (χ0) is 13.3. The van der Waals surface area contributed by atoms with E-state index in [4.69, 9.17) is 4.74 Å². The van der Waals surface area contributed by atoms with Gasteiger partial charge >= 0.3 is 0 Å². The average molecular weight is 281 g/mol. The van der Waals surface area contributed by atoms with Gasteiger partial charge in [-0.3, -0.25) is 4.79 Å². The lowest BCUT2D eigenvalue weighted by molar-refractivity contribution is -0.120. The van der Waals surface area contributed by atoms with Gasteiger partial charge in [-0.15, -0.1) is 12.4 Å². The standard InChI is InChI=1S/C13H28N2O2.ClH/c1-11(2)8-13(3,4)10-15-12(16)9-14-6-7-17-5;/h11,14H,6-10H2,1-5H3,(H,15,16);1H. The van der Waals surface area contributed by atoms with Gasteiger partial charge in [-0.25, -0.2) is 0 Å². The molecule has 0 rings (SSSR count). The Bertz CT molecular complexity index is 221. The molecule has 0 aliphatic rings. The third-order valence-electron chi connectivity index (χ3n) is 2.49. The van der Waals surface area contributed by atoms with Crippen LogP contribution in [0.3, 0.4) is 0 Å². The fourth-order valence-corrected chi connectivity index (χ4v) is 1.95. The Hall–Kier alpha value is -0.320. The summed E-state index contributed by atoms with van der Waals surface area (Å²) in [5.41, 5.74) is 0.163. The molecule has 5 heteroatoms. The quantitative estimate of drug-likeness (QED) is 0.634. The van der Waals surface area contributed by atoms with Crippen LogP contribution in [0.2, 0.25) is 0 Å². The summed E-state index contributed by atoms with van der Waals surface area (Å²) in [5, 5.41) is 5.99. The smallest absolute Gasteiger partial charge is 0.233 e. The Morgan fingerprint density at radius 2 is 1.94 bits per heavy atom.